The van der Waals surface area contributed by atoms with E-state index in [2.05, 4.69) is 15.7 Å². The molecule has 1 aromatic carbocycles. The minimum atomic E-state index is -0.338. The fraction of sp³-hybridized carbons (Fsp3) is 0.318. The molecule has 2 aromatic heterocycles. The van der Waals surface area contributed by atoms with Crippen molar-refractivity contribution in [1.29, 1.82) is 0 Å². The first-order valence-electron chi connectivity index (χ1n) is 10.1. The topological polar surface area (TPSA) is 68.2 Å². The highest BCUT2D eigenvalue weighted by atomic mass is 35.5. The van der Waals surface area contributed by atoms with Gasteiger partial charge in [-0.15, -0.1) is 11.3 Å². The van der Waals surface area contributed by atoms with E-state index in [1.807, 2.05) is 30.7 Å². The zero-order valence-corrected chi connectivity index (χ0v) is 21.0. The van der Waals surface area contributed by atoms with Crippen LogP contribution in [-0.2, 0) is 24.1 Å². The van der Waals surface area contributed by atoms with E-state index >= 15 is 0 Å². The van der Waals surface area contributed by atoms with Crippen LogP contribution in [-0.4, -0.2) is 28.0 Å². The summed E-state index contributed by atoms with van der Waals surface area (Å²) in [7, 11) is 1.40. The minimum Gasteiger partial charge on any atom is -0.465 e. The smallest absolute Gasteiger partial charge is 0.341 e. The highest BCUT2D eigenvalue weighted by Gasteiger charge is 2.27. The summed E-state index contributed by atoms with van der Waals surface area (Å²) in [6.45, 7) is 4.39. The van der Waals surface area contributed by atoms with Gasteiger partial charge in [0.05, 0.1) is 36.3 Å². The van der Waals surface area contributed by atoms with Crippen LogP contribution in [0.1, 0.15) is 44.2 Å². The van der Waals surface area contributed by atoms with Crippen LogP contribution >= 0.6 is 46.8 Å². The largest absolute Gasteiger partial charge is 0.465 e. The molecule has 0 bridgehead atoms. The summed E-state index contributed by atoms with van der Waals surface area (Å²) in [5, 5.41) is 13.4. The molecule has 0 spiro atoms. The van der Waals surface area contributed by atoms with Gasteiger partial charge >= 0.3 is 5.97 Å². The number of carbonyl (C=O) groups is 1. The van der Waals surface area contributed by atoms with Crippen molar-refractivity contribution >= 4 is 68.5 Å². The molecule has 168 valence electrons. The first kappa shape index (κ1) is 23.0. The first-order valence-corrected chi connectivity index (χ1v) is 12.0. The Balaban J connectivity index is 1.53. The van der Waals surface area contributed by atoms with Crippen LogP contribution in [0.4, 0.5) is 10.7 Å². The second-order valence-corrected chi connectivity index (χ2v) is 9.93. The van der Waals surface area contributed by atoms with Gasteiger partial charge in [-0.1, -0.05) is 29.3 Å². The third kappa shape index (κ3) is 4.50. The fourth-order valence-electron chi connectivity index (χ4n) is 3.90. The summed E-state index contributed by atoms with van der Waals surface area (Å²) in [6.07, 6.45) is 2.92. The number of thiocarbonyl (C=S) groups is 1. The number of aryl methyl sites for hydroxylation is 2. The lowest BCUT2D eigenvalue weighted by Crippen LogP contribution is -2.21. The van der Waals surface area contributed by atoms with E-state index in [1.165, 1.54) is 12.0 Å². The molecule has 0 fully saturated rings. The molecule has 0 amide bonds. The van der Waals surface area contributed by atoms with Gasteiger partial charge in [0.1, 0.15) is 5.00 Å². The van der Waals surface area contributed by atoms with E-state index in [1.54, 1.807) is 17.4 Å². The van der Waals surface area contributed by atoms with E-state index in [4.69, 9.17) is 40.2 Å². The van der Waals surface area contributed by atoms with Gasteiger partial charge in [-0.25, -0.2) is 4.79 Å². The van der Waals surface area contributed by atoms with Crippen molar-refractivity contribution < 1.29 is 9.53 Å². The van der Waals surface area contributed by atoms with E-state index < -0.39 is 0 Å². The van der Waals surface area contributed by atoms with Crippen molar-refractivity contribution in [1.82, 2.24) is 9.78 Å². The number of nitrogens with one attached hydrogen (secondary N) is 2. The van der Waals surface area contributed by atoms with Crippen LogP contribution in [0, 0.1) is 13.8 Å². The Morgan fingerprint density at radius 3 is 2.78 bits per heavy atom. The second-order valence-electron chi connectivity index (χ2n) is 7.57. The molecule has 0 aliphatic heterocycles. The van der Waals surface area contributed by atoms with Crippen LogP contribution in [0.25, 0.3) is 0 Å². The number of methoxy groups -OCH3 is 1. The maximum absolute atomic E-state index is 12.4. The summed E-state index contributed by atoms with van der Waals surface area (Å²) in [5.74, 6) is -0.338. The molecular weight excluding hydrogens is 487 g/mol. The number of carbonyl (C=O) groups excluding carboxylic acids is 1. The number of rotatable bonds is 5. The van der Waals surface area contributed by atoms with Crippen LogP contribution in [0.15, 0.2) is 18.2 Å². The first-order chi connectivity index (χ1) is 15.3. The molecule has 0 saturated heterocycles. The Labute approximate surface area is 205 Å². The standard InChI is InChI=1S/C22H22Cl2N4O2S2/c1-11-19(12(2)28(27-11)10-13-7-8-14(23)9-16(13)24)25-22(31)26-20-18(21(29)30-3)15-5-4-6-17(15)32-20/h7-9H,4-6,10H2,1-3H3,(H2,25,26,31). The minimum absolute atomic E-state index is 0.338. The number of thiophene rings is 1. The Morgan fingerprint density at radius 1 is 1.28 bits per heavy atom. The van der Waals surface area contributed by atoms with Crippen LogP contribution in [0.5, 0.6) is 0 Å². The van der Waals surface area contributed by atoms with Gasteiger partial charge in [-0.05, 0) is 68.6 Å². The van der Waals surface area contributed by atoms with E-state index in [9.17, 15) is 4.79 Å². The Morgan fingerprint density at radius 2 is 2.06 bits per heavy atom. The number of halogens is 2. The van der Waals surface area contributed by atoms with Crippen molar-refractivity contribution in [2.24, 2.45) is 0 Å². The molecule has 0 saturated carbocycles. The third-order valence-electron chi connectivity index (χ3n) is 5.49. The molecule has 4 rings (SSSR count). The number of fused-ring (bicyclic) bond motifs is 1. The number of anilines is 2. The highest BCUT2D eigenvalue weighted by Crippen LogP contribution is 2.39. The van der Waals surface area contributed by atoms with Crippen LogP contribution in [0.3, 0.4) is 0 Å². The van der Waals surface area contributed by atoms with Gasteiger partial charge in [0, 0.05) is 14.9 Å². The number of benzene rings is 1. The van der Waals surface area contributed by atoms with E-state index in [0.29, 0.717) is 27.3 Å². The molecule has 3 aromatic rings. The van der Waals surface area contributed by atoms with Gasteiger partial charge in [0.25, 0.3) is 0 Å². The van der Waals surface area contributed by atoms with Gasteiger partial charge in [-0.2, -0.15) is 5.10 Å². The van der Waals surface area contributed by atoms with E-state index in [-0.39, 0.29) is 5.97 Å². The Kier molecular flexibility index (Phi) is 6.76. The van der Waals surface area contributed by atoms with Crippen LogP contribution in [0.2, 0.25) is 10.0 Å². The molecular formula is C22H22Cl2N4O2S2. The zero-order chi connectivity index (χ0) is 23.0. The number of aromatic nitrogens is 2. The lowest BCUT2D eigenvalue weighted by molar-refractivity contribution is 0.0601. The zero-order valence-electron chi connectivity index (χ0n) is 17.8. The van der Waals surface area contributed by atoms with Gasteiger partial charge in [0.2, 0.25) is 0 Å². The Hall–Kier alpha value is -2.13. The number of esters is 1. The SMILES string of the molecule is COC(=O)c1c(NC(=S)Nc2c(C)nn(Cc3ccc(Cl)cc3Cl)c2C)sc2c1CCC2. The summed E-state index contributed by atoms with van der Waals surface area (Å²) in [6, 6.07) is 5.42. The molecule has 2 N–H and O–H groups in total. The molecule has 0 radical (unpaired) electrons. The number of hydrogen-bond acceptors (Lipinski definition) is 5. The predicted octanol–water partition coefficient (Wildman–Crippen LogP) is 6.00. The van der Waals surface area contributed by atoms with Crippen LogP contribution < -0.4 is 10.6 Å². The molecule has 10 heteroatoms. The summed E-state index contributed by atoms with van der Waals surface area (Å²) in [4.78, 5) is 13.6. The van der Waals surface area contributed by atoms with Crippen molar-refractivity contribution in [2.45, 2.75) is 39.7 Å². The average Bonchev–Trinajstić information content (AvgIpc) is 3.39. The molecule has 32 heavy (non-hydrogen) atoms. The normalized spacial score (nSPS) is 12.5. The van der Waals surface area contributed by atoms with Crippen molar-refractivity contribution in [3.05, 3.63) is 61.2 Å². The molecule has 1 aliphatic carbocycles. The van der Waals surface area contributed by atoms with Crippen molar-refractivity contribution in [3.63, 3.8) is 0 Å². The van der Waals surface area contributed by atoms with Gasteiger partial charge < -0.3 is 15.4 Å². The molecule has 1 aliphatic rings. The maximum Gasteiger partial charge on any atom is 0.341 e. The lowest BCUT2D eigenvalue weighted by Gasteiger charge is -2.12. The monoisotopic (exact) mass is 508 g/mol. The number of hydrogen-bond donors (Lipinski definition) is 2. The van der Waals surface area contributed by atoms with Crippen molar-refractivity contribution in [2.75, 3.05) is 17.7 Å². The highest BCUT2D eigenvalue weighted by molar-refractivity contribution is 7.80. The van der Waals surface area contributed by atoms with Crippen molar-refractivity contribution in [3.8, 4) is 0 Å². The number of nitrogens with zero attached hydrogens (tertiary/aromatic N) is 2. The maximum atomic E-state index is 12.4. The summed E-state index contributed by atoms with van der Waals surface area (Å²) in [5.41, 5.74) is 5.13. The summed E-state index contributed by atoms with van der Waals surface area (Å²) < 4.78 is 6.88. The average molecular weight is 509 g/mol. The molecule has 6 nitrogen and oxygen atoms in total. The predicted molar refractivity (Wildman–Crippen MR) is 135 cm³/mol. The van der Waals surface area contributed by atoms with E-state index in [0.717, 1.165) is 52.5 Å². The quantitative estimate of drug-likeness (QED) is 0.325. The number of ether oxygens (including phenoxy) is 1. The summed E-state index contributed by atoms with van der Waals surface area (Å²) >= 11 is 19.5. The fourth-order valence-corrected chi connectivity index (χ4v) is 5.92. The Bertz CT molecular complexity index is 1220. The van der Waals surface area contributed by atoms with Gasteiger partial charge in [-0.3, -0.25) is 4.68 Å². The van der Waals surface area contributed by atoms with Gasteiger partial charge in [0.15, 0.2) is 5.11 Å². The molecule has 0 atom stereocenters. The molecule has 2 heterocycles. The second kappa shape index (κ2) is 9.39. The third-order valence-corrected chi connectivity index (χ3v) is 7.49. The lowest BCUT2D eigenvalue weighted by atomic mass is 10.1. The molecule has 0 unspecified atom stereocenters.